The second kappa shape index (κ2) is 10.2. The molecule has 1 aromatic carbocycles. The van der Waals surface area contributed by atoms with E-state index < -0.39 is 0 Å². The second-order valence-corrected chi connectivity index (χ2v) is 8.96. The Morgan fingerprint density at radius 1 is 1.19 bits per heavy atom. The Hall–Kier alpha value is -2.77. The predicted molar refractivity (Wildman–Crippen MR) is 127 cm³/mol. The van der Waals surface area contributed by atoms with Gasteiger partial charge in [0.05, 0.1) is 16.9 Å². The predicted octanol–water partition coefficient (Wildman–Crippen LogP) is 3.90. The van der Waals surface area contributed by atoms with Crippen LogP contribution < -0.4 is 10.2 Å². The number of likely N-dealkylation sites (tertiary alicyclic amines) is 1. The Kier molecular flexibility index (Phi) is 7.17. The average molecular weight is 436 g/mol. The van der Waals surface area contributed by atoms with Crippen LogP contribution in [0.25, 0.3) is 0 Å². The van der Waals surface area contributed by atoms with E-state index >= 15 is 0 Å². The first-order chi connectivity index (χ1) is 15.5. The van der Waals surface area contributed by atoms with Crippen LogP contribution >= 0.6 is 0 Å². The number of aromatic nitrogens is 1. The van der Waals surface area contributed by atoms with Crippen molar-refractivity contribution >= 4 is 29.0 Å². The number of rotatable bonds is 7. The Morgan fingerprint density at radius 2 is 2.03 bits per heavy atom. The number of hydrogen-bond acceptors (Lipinski definition) is 5. The van der Waals surface area contributed by atoms with Crippen LogP contribution in [0.5, 0.6) is 0 Å². The van der Waals surface area contributed by atoms with E-state index in [-0.39, 0.29) is 11.8 Å². The molecule has 1 unspecified atom stereocenters. The molecule has 2 amide bonds. The summed E-state index contributed by atoms with van der Waals surface area (Å²) in [6.07, 6.45) is 7.80. The van der Waals surface area contributed by atoms with Crippen molar-refractivity contribution in [2.75, 3.05) is 43.9 Å². The van der Waals surface area contributed by atoms with Crippen LogP contribution in [0.2, 0.25) is 0 Å². The number of nitrogens with one attached hydrogen (secondary N) is 1. The molecule has 1 atom stereocenters. The van der Waals surface area contributed by atoms with Crippen LogP contribution in [0.1, 0.15) is 48.9 Å². The zero-order valence-electron chi connectivity index (χ0n) is 19.1. The quantitative estimate of drug-likeness (QED) is 0.714. The number of fused-ring (bicyclic) bond motifs is 2. The topological polar surface area (TPSA) is 68.8 Å². The van der Waals surface area contributed by atoms with Gasteiger partial charge in [0.2, 0.25) is 5.91 Å². The molecule has 2 aliphatic rings. The molecule has 2 aliphatic heterocycles. The van der Waals surface area contributed by atoms with Gasteiger partial charge in [-0.3, -0.25) is 14.5 Å². The lowest BCUT2D eigenvalue weighted by atomic mass is 9.98. The maximum absolute atomic E-state index is 13.4. The van der Waals surface area contributed by atoms with Crippen LogP contribution in [0.4, 0.5) is 17.2 Å². The Balaban J connectivity index is 1.47. The zero-order chi connectivity index (χ0) is 22.5. The highest BCUT2D eigenvalue weighted by Crippen LogP contribution is 2.36. The molecule has 1 aromatic heterocycles. The van der Waals surface area contributed by atoms with E-state index in [1.54, 1.807) is 29.3 Å². The number of piperidine rings is 1. The van der Waals surface area contributed by atoms with Crippen LogP contribution in [0, 0.1) is 0 Å². The third-order valence-corrected chi connectivity index (χ3v) is 6.38. The number of carbonyl (C=O) groups is 2. The summed E-state index contributed by atoms with van der Waals surface area (Å²) < 4.78 is 0. The molecule has 1 fully saturated rings. The summed E-state index contributed by atoms with van der Waals surface area (Å²) in [7, 11) is 4.24. The normalized spacial score (nSPS) is 18.7. The van der Waals surface area contributed by atoms with E-state index in [9.17, 15) is 9.59 Å². The Labute approximate surface area is 190 Å². The summed E-state index contributed by atoms with van der Waals surface area (Å²) in [5, 5.41) is 2.89. The van der Waals surface area contributed by atoms with Crippen LogP contribution in [-0.4, -0.2) is 66.4 Å². The van der Waals surface area contributed by atoms with Gasteiger partial charge in [0.25, 0.3) is 5.91 Å². The van der Waals surface area contributed by atoms with Gasteiger partial charge < -0.3 is 15.1 Å². The van der Waals surface area contributed by atoms with Gasteiger partial charge in [0, 0.05) is 18.7 Å². The molecular weight excluding hydrogens is 402 g/mol. The number of para-hydroxylation sites is 1. The number of anilines is 3. The van der Waals surface area contributed by atoms with Crippen molar-refractivity contribution in [2.45, 2.75) is 44.6 Å². The van der Waals surface area contributed by atoms with Gasteiger partial charge in [-0.1, -0.05) is 18.6 Å². The SMILES string of the molecule is CN(C)CCC1CCCCN1CCCC(=O)N1c2ccccc2C(=O)Nc2cccnc21. The first-order valence-electron chi connectivity index (χ1n) is 11.6. The van der Waals surface area contributed by atoms with Crippen LogP contribution in [0.15, 0.2) is 42.6 Å². The molecule has 1 N–H and O–H groups in total. The van der Waals surface area contributed by atoms with Gasteiger partial charge in [-0.15, -0.1) is 0 Å². The minimum atomic E-state index is -0.220. The summed E-state index contributed by atoms with van der Waals surface area (Å²) in [6, 6.07) is 11.4. The van der Waals surface area contributed by atoms with Gasteiger partial charge >= 0.3 is 0 Å². The average Bonchev–Trinajstić information content (AvgIpc) is 2.92. The fourth-order valence-electron chi connectivity index (χ4n) is 4.72. The van der Waals surface area contributed by atoms with E-state index in [1.807, 2.05) is 18.2 Å². The minimum Gasteiger partial charge on any atom is -0.319 e. The number of nitrogens with zero attached hydrogens (tertiary/aromatic N) is 4. The van der Waals surface area contributed by atoms with E-state index in [0.29, 0.717) is 35.2 Å². The number of hydrogen-bond donors (Lipinski definition) is 1. The maximum Gasteiger partial charge on any atom is 0.257 e. The lowest BCUT2D eigenvalue weighted by molar-refractivity contribution is -0.118. The van der Waals surface area contributed by atoms with Gasteiger partial charge in [-0.05, 0) is 83.7 Å². The molecule has 0 radical (unpaired) electrons. The van der Waals surface area contributed by atoms with Gasteiger partial charge in [0.1, 0.15) is 0 Å². The molecule has 4 rings (SSSR count). The fraction of sp³-hybridized carbons (Fsp3) is 0.480. The summed E-state index contributed by atoms with van der Waals surface area (Å²) in [6.45, 7) is 3.13. The van der Waals surface area contributed by atoms with E-state index in [0.717, 1.165) is 26.1 Å². The number of benzene rings is 1. The van der Waals surface area contributed by atoms with Crippen molar-refractivity contribution in [3.8, 4) is 0 Å². The summed E-state index contributed by atoms with van der Waals surface area (Å²) in [5.41, 5.74) is 1.63. The number of pyridine rings is 1. The van der Waals surface area contributed by atoms with Crippen molar-refractivity contribution in [3.63, 3.8) is 0 Å². The standard InChI is InChI=1S/C25H33N5O2/c1-28(2)18-14-19-9-5-6-16-29(19)17-8-13-23(31)30-22-12-4-3-10-20(22)25(32)27-21-11-7-15-26-24(21)30/h3-4,7,10-12,15,19H,5-6,8-9,13-14,16-18H2,1-2H3,(H,27,32). The van der Waals surface area contributed by atoms with E-state index in [4.69, 9.17) is 0 Å². The highest BCUT2D eigenvalue weighted by Gasteiger charge is 2.30. The van der Waals surface area contributed by atoms with Gasteiger partial charge in [-0.25, -0.2) is 4.98 Å². The molecular formula is C25H33N5O2. The summed E-state index contributed by atoms with van der Waals surface area (Å²) in [5.74, 6) is 0.232. The second-order valence-electron chi connectivity index (χ2n) is 8.96. The summed E-state index contributed by atoms with van der Waals surface area (Å²) >= 11 is 0. The van der Waals surface area contributed by atoms with Crippen LogP contribution in [0.3, 0.4) is 0 Å². The van der Waals surface area contributed by atoms with Crippen molar-refractivity contribution in [3.05, 3.63) is 48.2 Å². The highest BCUT2D eigenvalue weighted by molar-refractivity contribution is 6.17. The largest absolute Gasteiger partial charge is 0.319 e. The van der Waals surface area contributed by atoms with Crippen molar-refractivity contribution in [1.82, 2.24) is 14.8 Å². The first kappa shape index (κ1) is 22.4. The third-order valence-electron chi connectivity index (χ3n) is 6.38. The molecule has 2 aromatic rings. The number of carbonyl (C=O) groups excluding carboxylic acids is 2. The molecule has 0 spiro atoms. The molecule has 0 saturated carbocycles. The molecule has 7 nitrogen and oxygen atoms in total. The number of amides is 2. The highest BCUT2D eigenvalue weighted by atomic mass is 16.2. The van der Waals surface area contributed by atoms with E-state index in [1.165, 1.54) is 25.7 Å². The summed E-state index contributed by atoms with van der Waals surface area (Å²) in [4.78, 5) is 37.0. The molecule has 0 bridgehead atoms. The monoisotopic (exact) mass is 435 g/mol. The Morgan fingerprint density at radius 3 is 2.88 bits per heavy atom. The molecule has 3 heterocycles. The van der Waals surface area contributed by atoms with Crippen molar-refractivity contribution < 1.29 is 9.59 Å². The van der Waals surface area contributed by atoms with Crippen LogP contribution in [-0.2, 0) is 4.79 Å². The van der Waals surface area contributed by atoms with Crippen molar-refractivity contribution in [2.24, 2.45) is 0 Å². The maximum atomic E-state index is 13.4. The molecule has 32 heavy (non-hydrogen) atoms. The first-order valence-corrected chi connectivity index (χ1v) is 11.6. The molecule has 1 saturated heterocycles. The molecule has 0 aliphatic carbocycles. The Bertz CT molecular complexity index is 961. The fourth-order valence-corrected chi connectivity index (χ4v) is 4.72. The van der Waals surface area contributed by atoms with Crippen molar-refractivity contribution in [1.29, 1.82) is 0 Å². The third kappa shape index (κ3) is 5.00. The van der Waals surface area contributed by atoms with Gasteiger partial charge in [-0.2, -0.15) is 0 Å². The lowest BCUT2D eigenvalue weighted by Gasteiger charge is -2.36. The smallest absolute Gasteiger partial charge is 0.257 e. The van der Waals surface area contributed by atoms with E-state index in [2.05, 4.69) is 34.2 Å². The molecule has 170 valence electrons. The molecule has 7 heteroatoms. The lowest BCUT2D eigenvalue weighted by Crippen LogP contribution is -2.41. The zero-order valence-corrected chi connectivity index (χ0v) is 19.1. The van der Waals surface area contributed by atoms with Gasteiger partial charge in [0.15, 0.2) is 5.82 Å². The minimum absolute atomic E-state index is 0.0317.